The molecule has 2 fully saturated rings. The van der Waals surface area contributed by atoms with Gasteiger partial charge in [0.1, 0.15) is 18.0 Å². The molecule has 2 heterocycles. The number of rotatable bonds is 13. The molecule has 2 aliphatic rings. The molecule has 1 aliphatic heterocycles. The van der Waals surface area contributed by atoms with Gasteiger partial charge in [-0.3, -0.25) is 9.59 Å². The average molecular weight is 528 g/mol. The van der Waals surface area contributed by atoms with Crippen molar-refractivity contribution in [2.24, 2.45) is 13.0 Å². The molecule has 1 saturated carbocycles. The van der Waals surface area contributed by atoms with Crippen molar-refractivity contribution < 1.29 is 24.1 Å². The summed E-state index contributed by atoms with van der Waals surface area (Å²) >= 11 is 0. The van der Waals surface area contributed by atoms with E-state index in [9.17, 15) is 14.7 Å². The minimum atomic E-state index is -1.40. The molecule has 0 unspecified atom stereocenters. The minimum absolute atomic E-state index is 0.0884. The second-order valence-corrected chi connectivity index (χ2v) is 10.4. The van der Waals surface area contributed by atoms with Gasteiger partial charge in [0.25, 0.3) is 5.56 Å². The van der Waals surface area contributed by atoms with E-state index in [4.69, 9.17) is 14.2 Å². The van der Waals surface area contributed by atoms with E-state index in [0.717, 1.165) is 42.6 Å². The first-order valence-electron chi connectivity index (χ1n) is 13.5. The van der Waals surface area contributed by atoms with Gasteiger partial charge in [-0.15, -0.1) is 0 Å². The van der Waals surface area contributed by atoms with Crippen molar-refractivity contribution in [2.75, 3.05) is 47.1 Å². The summed E-state index contributed by atoms with van der Waals surface area (Å²) in [4.78, 5) is 28.4. The lowest BCUT2D eigenvalue weighted by Gasteiger charge is -2.42. The van der Waals surface area contributed by atoms with Crippen molar-refractivity contribution in [1.82, 2.24) is 14.8 Å². The summed E-state index contributed by atoms with van der Waals surface area (Å²) in [6, 6.07) is 9.52. The average Bonchev–Trinajstić information content (AvgIpc) is 3.74. The number of aryl methyl sites for hydroxylation is 2. The second kappa shape index (κ2) is 12.9. The van der Waals surface area contributed by atoms with Crippen LogP contribution in [0.25, 0.3) is 0 Å². The molecule has 1 amide bonds. The number of hydrogen-bond donors (Lipinski definition) is 2. The van der Waals surface area contributed by atoms with Crippen LogP contribution < -0.4 is 15.6 Å². The van der Waals surface area contributed by atoms with Crippen LogP contribution in [0.4, 0.5) is 0 Å². The Morgan fingerprint density at radius 2 is 1.89 bits per heavy atom. The molecule has 4 rings (SSSR count). The Hall–Kier alpha value is -2.72. The van der Waals surface area contributed by atoms with Gasteiger partial charge in [0.15, 0.2) is 0 Å². The number of nitrogens with zero attached hydrogens (tertiary/aromatic N) is 2. The Morgan fingerprint density at radius 1 is 1.13 bits per heavy atom. The van der Waals surface area contributed by atoms with Crippen LogP contribution in [-0.2, 0) is 39.9 Å². The van der Waals surface area contributed by atoms with E-state index in [1.165, 1.54) is 10.6 Å². The molecule has 38 heavy (non-hydrogen) atoms. The van der Waals surface area contributed by atoms with E-state index in [-0.39, 0.29) is 17.5 Å². The molecule has 1 saturated heterocycles. The van der Waals surface area contributed by atoms with E-state index in [1.54, 1.807) is 33.5 Å². The smallest absolute Gasteiger partial charge is 0.250 e. The maximum absolute atomic E-state index is 14.1. The van der Waals surface area contributed by atoms with Crippen molar-refractivity contribution in [3.05, 3.63) is 63.6 Å². The maximum Gasteiger partial charge on any atom is 0.250 e. The highest BCUT2D eigenvalue weighted by atomic mass is 16.5. The number of ether oxygens (including phenoxy) is 3. The Morgan fingerprint density at radius 3 is 2.61 bits per heavy atom. The monoisotopic (exact) mass is 527 g/mol. The van der Waals surface area contributed by atoms with Gasteiger partial charge < -0.3 is 34.1 Å². The van der Waals surface area contributed by atoms with Crippen LogP contribution in [0.1, 0.15) is 42.4 Å². The van der Waals surface area contributed by atoms with Gasteiger partial charge in [0.2, 0.25) is 5.91 Å². The van der Waals surface area contributed by atoms with Crippen molar-refractivity contribution in [1.29, 1.82) is 0 Å². The molecule has 0 radical (unpaired) electrons. The van der Waals surface area contributed by atoms with Gasteiger partial charge in [0.05, 0.1) is 12.5 Å². The summed E-state index contributed by atoms with van der Waals surface area (Å²) in [6.07, 6.45) is 5.64. The molecule has 9 heteroatoms. The molecule has 2 N–H and O–H groups in total. The van der Waals surface area contributed by atoms with E-state index in [1.807, 2.05) is 17.0 Å². The zero-order valence-corrected chi connectivity index (χ0v) is 22.8. The molecular weight excluding hydrogens is 486 g/mol. The lowest BCUT2D eigenvalue weighted by Crippen LogP contribution is -2.55. The molecule has 1 aromatic heterocycles. The number of amides is 1. The Kier molecular flexibility index (Phi) is 9.59. The quantitative estimate of drug-likeness (QED) is 0.384. The van der Waals surface area contributed by atoms with Crippen LogP contribution >= 0.6 is 0 Å². The molecule has 1 aromatic carbocycles. The maximum atomic E-state index is 14.1. The second-order valence-electron chi connectivity index (χ2n) is 10.4. The number of piperidine rings is 1. The molecule has 0 bridgehead atoms. The highest BCUT2D eigenvalue weighted by Gasteiger charge is 2.48. The number of aliphatic hydroxyl groups is 1. The number of aromatic nitrogens is 1. The number of carbonyl (C=O) groups is 1. The third-order valence-corrected chi connectivity index (χ3v) is 7.53. The summed E-state index contributed by atoms with van der Waals surface area (Å²) in [6.45, 7) is 2.98. The fourth-order valence-corrected chi connectivity index (χ4v) is 5.20. The molecule has 208 valence electrons. The highest BCUT2D eigenvalue weighted by Crippen LogP contribution is 2.39. The zero-order valence-electron chi connectivity index (χ0n) is 22.8. The molecule has 2 aromatic rings. The molecule has 9 nitrogen and oxygen atoms in total. The van der Waals surface area contributed by atoms with Crippen molar-refractivity contribution in [3.8, 4) is 5.75 Å². The Labute approximate surface area is 224 Å². The summed E-state index contributed by atoms with van der Waals surface area (Å²) < 4.78 is 17.8. The summed E-state index contributed by atoms with van der Waals surface area (Å²) in [5, 5.41) is 15.1. The van der Waals surface area contributed by atoms with Gasteiger partial charge in [-0.05, 0) is 73.5 Å². The van der Waals surface area contributed by atoms with Gasteiger partial charge in [0, 0.05) is 59.3 Å². The fourth-order valence-electron chi connectivity index (χ4n) is 5.20. The third kappa shape index (κ3) is 6.83. The Balaban J connectivity index is 1.59. The van der Waals surface area contributed by atoms with Crippen LogP contribution in [0, 0.1) is 5.92 Å². The van der Waals surface area contributed by atoms with Crippen LogP contribution in [0.3, 0.4) is 0 Å². The van der Waals surface area contributed by atoms with Crippen molar-refractivity contribution in [3.63, 3.8) is 0 Å². The first-order valence-corrected chi connectivity index (χ1v) is 13.5. The van der Waals surface area contributed by atoms with E-state index in [0.29, 0.717) is 51.4 Å². The standard InChI is InChI=1S/C29H41N3O6/c1-31-11-8-23(18-27(31)33)29(35)9-10-30-19-26(29)28(34)32(24-6-7-24)20-22-15-21(5-4-12-36-2)16-25(17-22)38-14-13-37-3/h8,11,15-18,24,26,30,35H,4-7,9-10,12-14,19-20H2,1-3H3/t26-,29+/m1/s1. The van der Waals surface area contributed by atoms with Crippen LogP contribution in [0.15, 0.2) is 41.3 Å². The predicted molar refractivity (Wildman–Crippen MR) is 144 cm³/mol. The number of benzene rings is 1. The lowest BCUT2D eigenvalue weighted by molar-refractivity contribution is -0.150. The topological polar surface area (TPSA) is 102 Å². The van der Waals surface area contributed by atoms with E-state index < -0.39 is 11.5 Å². The van der Waals surface area contributed by atoms with Gasteiger partial charge >= 0.3 is 0 Å². The van der Waals surface area contributed by atoms with Gasteiger partial charge in [-0.1, -0.05) is 6.07 Å². The van der Waals surface area contributed by atoms with Crippen molar-refractivity contribution >= 4 is 5.91 Å². The summed E-state index contributed by atoms with van der Waals surface area (Å²) in [5.41, 5.74) is 1.02. The van der Waals surface area contributed by atoms with Crippen LogP contribution in [-0.4, -0.2) is 73.7 Å². The number of hydrogen-bond acceptors (Lipinski definition) is 7. The number of nitrogens with one attached hydrogen (secondary N) is 1. The number of methoxy groups -OCH3 is 2. The normalized spacial score (nSPS) is 21.3. The SMILES string of the molecule is COCCCc1cc(CN(C(=O)[C@H]2CNCC[C@]2(O)c2ccn(C)c(=O)c2)C2CC2)cc(OCCOC)c1. The Bertz CT molecular complexity index is 1120. The number of pyridine rings is 1. The van der Waals surface area contributed by atoms with E-state index in [2.05, 4.69) is 11.4 Å². The highest BCUT2D eigenvalue weighted by molar-refractivity contribution is 5.81. The molecule has 1 aliphatic carbocycles. The van der Waals surface area contributed by atoms with Crippen LogP contribution in [0.2, 0.25) is 0 Å². The van der Waals surface area contributed by atoms with Gasteiger partial charge in [-0.25, -0.2) is 0 Å². The molecule has 0 spiro atoms. The van der Waals surface area contributed by atoms with Crippen LogP contribution in [0.5, 0.6) is 5.75 Å². The van der Waals surface area contributed by atoms with E-state index >= 15 is 0 Å². The zero-order chi connectivity index (χ0) is 27.1. The minimum Gasteiger partial charge on any atom is -0.491 e. The lowest BCUT2D eigenvalue weighted by atomic mass is 9.76. The first-order chi connectivity index (χ1) is 18.4. The third-order valence-electron chi connectivity index (χ3n) is 7.53. The largest absolute Gasteiger partial charge is 0.491 e. The predicted octanol–water partition coefficient (Wildman–Crippen LogP) is 1.98. The number of carbonyl (C=O) groups excluding carboxylic acids is 1. The fraction of sp³-hybridized carbons (Fsp3) is 0.586. The molecular formula is C29H41N3O6. The first kappa shape index (κ1) is 28.3. The van der Waals surface area contributed by atoms with Gasteiger partial charge in [-0.2, -0.15) is 0 Å². The summed E-state index contributed by atoms with van der Waals surface area (Å²) in [5.74, 6) is -0.0214. The molecule has 2 atom stereocenters. The van der Waals surface area contributed by atoms with Crippen molar-refractivity contribution in [2.45, 2.75) is 50.3 Å². The summed E-state index contributed by atoms with van der Waals surface area (Å²) in [7, 11) is 5.01.